The average Bonchev–Trinajstić information content (AvgIpc) is 3.22. The summed E-state index contributed by atoms with van der Waals surface area (Å²) in [5.41, 5.74) is 2.62. The maximum Gasteiger partial charge on any atom is 0.137 e. The molecule has 0 atom stereocenters. The molecule has 3 N–H and O–H groups in total. The van der Waals surface area contributed by atoms with E-state index in [9.17, 15) is 5.11 Å². The van der Waals surface area contributed by atoms with Crippen LogP contribution in [0.2, 0.25) is 0 Å². The topological polar surface area (TPSA) is 73.8 Å². The zero-order chi connectivity index (χ0) is 15.1. The van der Waals surface area contributed by atoms with Crippen molar-refractivity contribution in [1.82, 2.24) is 15.2 Å². The Kier molecular flexibility index (Phi) is 3.09. The number of aromatic hydroxyl groups is 1. The molecular weight excluding hydrogens is 316 g/mol. The molecule has 0 radical (unpaired) electrons. The van der Waals surface area contributed by atoms with Gasteiger partial charge in [0.15, 0.2) is 0 Å². The van der Waals surface area contributed by atoms with E-state index in [-0.39, 0.29) is 5.75 Å². The molecule has 1 aromatic carbocycles. The van der Waals surface area contributed by atoms with Crippen molar-refractivity contribution < 1.29 is 5.11 Å². The van der Waals surface area contributed by atoms with Crippen LogP contribution in [0.15, 0.2) is 36.7 Å². The quantitative estimate of drug-likeness (QED) is 0.528. The van der Waals surface area contributed by atoms with Crippen molar-refractivity contribution in [3.8, 4) is 27.4 Å². The number of hydrogen-bond acceptors (Lipinski definition) is 6. The van der Waals surface area contributed by atoms with Gasteiger partial charge in [0.25, 0.3) is 0 Å². The molecule has 0 bridgehead atoms. The van der Waals surface area contributed by atoms with E-state index in [1.54, 1.807) is 41.1 Å². The molecular formula is C15H12N4OS2. The fraction of sp³-hybridized carbons (Fsp3) is 0.0667. The van der Waals surface area contributed by atoms with Crippen molar-refractivity contribution in [2.75, 3.05) is 12.4 Å². The molecule has 22 heavy (non-hydrogen) atoms. The number of thiophene rings is 1. The average molecular weight is 328 g/mol. The largest absolute Gasteiger partial charge is 0.507 e. The minimum absolute atomic E-state index is 0.231. The third kappa shape index (κ3) is 2.15. The molecule has 3 heterocycles. The van der Waals surface area contributed by atoms with Crippen LogP contribution in [0, 0.1) is 0 Å². The number of fused-ring (bicyclic) bond motifs is 1. The van der Waals surface area contributed by atoms with Crippen LogP contribution in [0.3, 0.4) is 0 Å². The Bertz CT molecular complexity index is 908. The highest BCUT2D eigenvalue weighted by Crippen LogP contribution is 2.40. The first kappa shape index (κ1) is 13.3. The van der Waals surface area contributed by atoms with Gasteiger partial charge in [0.05, 0.1) is 21.5 Å². The number of nitrogens with zero attached hydrogens (tertiary/aromatic N) is 2. The Morgan fingerprint density at radius 1 is 1.18 bits per heavy atom. The summed E-state index contributed by atoms with van der Waals surface area (Å²) < 4.78 is 1.13. The molecule has 4 rings (SSSR count). The second kappa shape index (κ2) is 5.11. The Morgan fingerprint density at radius 3 is 2.77 bits per heavy atom. The minimum atomic E-state index is 0.231. The van der Waals surface area contributed by atoms with Crippen LogP contribution < -0.4 is 5.32 Å². The van der Waals surface area contributed by atoms with Crippen molar-refractivity contribution in [1.29, 1.82) is 0 Å². The Morgan fingerprint density at radius 2 is 2.09 bits per heavy atom. The van der Waals surface area contributed by atoms with Crippen LogP contribution in [0.25, 0.3) is 31.2 Å². The summed E-state index contributed by atoms with van der Waals surface area (Å²) in [6.45, 7) is 0. The van der Waals surface area contributed by atoms with E-state index in [1.165, 1.54) is 0 Å². The summed E-state index contributed by atoms with van der Waals surface area (Å²) in [7, 11) is 1.90. The van der Waals surface area contributed by atoms with Gasteiger partial charge in [-0.25, -0.2) is 4.98 Å². The van der Waals surface area contributed by atoms with E-state index in [4.69, 9.17) is 0 Å². The molecule has 3 aromatic heterocycles. The second-order valence-electron chi connectivity index (χ2n) is 4.77. The van der Waals surface area contributed by atoms with Gasteiger partial charge in [0.2, 0.25) is 0 Å². The zero-order valence-corrected chi connectivity index (χ0v) is 13.3. The van der Waals surface area contributed by atoms with E-state index >= 15 is 0 Å². The summed E-state index contributed by atoms with van der Waals surface area (Å²) in [6.07, 6.45) is 3.53. The first-order valence-electron chi connectivity index (χ1n) is 6.65. The van der Waals surface area contributed by atoms with Gasteiger partial charge in [-0.3, -0.25) is 5.10 Å². The van der Waals surface area contributed by atoms with E-state index in [1.807, 2.05) is 19.2 Å². The van der Waals surface area contributed by atoms with Gasteiger partial charge in [-0.05, 0) is 23.8 Å². The standard InChI is InChI=1S/C15H12N4OS2/c1-16-13-5-12-15(22-13)19-14(21-12)10-3-2-8(4-11(10)20)9-6-17-18-7-9/h2-7,16,20H,1H3,(H,17,18). The molecule has 7 heteroatoms. The van der Waals surface area contributed by atoms with E-state index in [0.29, 0.717) is 0 Å². The normalized spacial score (nSPS) is 11.1. The molecule has 0 unspecified atom stereocenters. The third-order valence-electron chi connectivity index (χ3n) is 3.40. The smallest absolute Gasteiger partial charge is 0.137 e. The van der Waals surface area contributed by atoms with Gasteiger partial charge in [-0.15, -0.1) is 11.3 Å². The number of thiazole rings is 1. The fourth-order valence-electron chi connectivity index (χ4n) is 2.27. The number of nitrogens with one attached hydrogen (secondary N) is 2. The second-order valence-corrected chi connectivity index (χ2v) is 6.83. The number of benzene rings is 1. The van der Waals surface area contributed by atoms with E-state index in [2.05, 4.69) is 26.6 Å². The van der Waals surface area contributed by atoms with E-state index in [0.717, 1.165) is 36.2 Å². The summed E-state index contributed by atoms with van der Waals surface area (Å²) >= 11 is 3.20. The number of aromatic nitrogens is 3. The predicted molar refractivity (Wildman–Crippen MR) is 91.7 cm³/mol. The van der Waals surface area contributed by atoms with Crippen LogP contribution in [0.5, 0.6) is 5.75 Å². The van der Waals surface area contributed by atoms with Crippen LogP contribution in [0.1, 0.15) is 0 Å². The number of hydrogen-bond donors (Lipinski definition) is 3. The van der Waals surface area contributed by atoms with Crippen molar-refractivity contribution in [2.24, 2.45) is 0 Å². The Hall–Kier alpha value is -2.38. The number of aromatic amines is 1. The maximum atomic E-state index is 10.3. The van der Waals surface area contributed by atoms with Gasteiger partial charge >= 0.3 is 0 Å². The molecule has 0 saturated heterocycles. The molecule has 0 aliphatic heterocycles. The van der Waals surface area contributed by atoms with Crippen molar-refractivity contribution >= 4 is 37.2 Å². The van der Waals surface area contributed by atoms with Gasteiger partial charge in [0, 0.05) is 18.8 Å². The number of anilines is 1. The van der Waals surface area contributed by atoms with Gasteiger partial charge in [-0.1, -0.05) is 17.4 Å². The van der Waals surface area contributed by atoms with Crippen molar-refractivity contribution in [3.05, 3.63) is 36.7 Å². The summed E-state index contributed by atoms with van der Waals surface area (Å²) in [5.74, 6) is 0.231. The molecule has 0 saturated carbocycles. The van der Waals surface area contributed by atoms with Crippen LogP contribution in [-0.2, 0) is 0 Å². The SMILES string of the molecule is CNc1cc2sc(-c3ccc(-c4cn[nH]c4)cc3O)nc2s1. The molecule has 0 spiro atoms. The van der Waals surface area contributed by atoms with Crippen LogP contribution in [0.4, 0.5) is 5.00 Å². The molecule has 0 fully saturated rings. The van der Waals surface area contributed by atoms with Gasteiger partial charge in [-0.2, -0.15) is 5.10 Å². The number of phenols is 1. The summed E-state index contributed by atoms with van der Waals surface area (Å²) in [6, 6.07) is 7.69. The van der Waals surface area contributed by atoms with Gasteiger partial charge < -0.3 is 10.4 Å². The first-order valence-corrected chi connectivity index (χ1v) is 8.28. The number of rotatable bonds is 3. The van der Waals surface area contributed by atoms with Crippen molar-refractivity contribution in [2.45, 2.75) is 0 Å². The molecule has 0 aliphatic rings. The monoisotopic (exact) mass is 328 g/mol. The number of H-pyrrole nitrogens is 1. The lowest BCUT2D eigenvalue weighted by molar-refractivity contribution is 0.477. The molecule has 0 aliphatic carbocycles. The summed E-state index contributed by atoms with van der Waals surface area (Å²) in [5, 5.41) is 22.1. The minimum Gasteiger partial charge on any atom is -0.507 e. The summed E-state index contributed by atoms with van der Waals surface area (Å²) in [4.78, 5) is 5.61. The van der Waals surface area contributed by atoms with E-state index < -0.39 is 0 Å². The van der Waals surface area contributed by atoms with Gasteiger partial charge in [0.1, 0.15) is 15.6 Å². The first-order chi connectivity index (χ1) is 10.7. The fourth-order valence-corrected chi connectivity index (χ4v) is 4.38. The van der Waals surface area contributed by atoms with Crippen molar-refractivity contribution in [3.63, 3.8) is 0 Å². The Labute approximate surface area is 134 Å². The zero-order valence-electron chi connectivity index (χ0n) is 11.6. The lowest BCUT2D eigenvalue weighted by Gasteiger charge is -2.03. The number of phenolic OH excluding ortho intramolecular Hbond substituents is 1. The molecule has 0 amide bonds. The maximum absolute atomic E-state index is 10.3. The third-order valence-corrected chi connectivity index (χ3v) is 5.61. The van der Waals surface area contributed by atoms with Crippen LogP contribution in [-0.4, -0.2) is 27.3 Å². The Balaban J connectivity index is 1.75. The lowest BCUT2D eigenvalue weighted by Crippen LogP contribution is -1.81. The molecule has 5 nitrogen and oxygen atoms in total. The van der Waals surface area contributed by atoms with Crippen LogP contribution >= 0.6 is 22.7 Å². The molecule has 4 aromatic rings. The highest BCUT2D eigenvalue weighted by Gasteiger charge is 2.13. The highest BCUT2D eigenvalue weighted by atomic mass is 32.1. The molecule has 110 valence electrons. The predicted octanol–water partition coefficient (Wildman–Crippen LogP) is 4.16. The highest BCUT2D eigenvalue weighted by molar-refractivity contribution is 7.30. The lowest BCUT2D eigenvalue weighted by atomic mass is 10.1.